The van der Waals surface area contributed by atoms with E-state index < -0.39 is 0 Å². The molecule has 2 aliphatic heterocycles. The maximum Gasteiger partial charge on any atom is 0.241 e. The maximum absolute atomic E-state index is 12.8. The number of hydrogen-bond acceptors (Lipinski definition) is 5. The van der Waals surface area contributed by atoms with Crippen molar-refractivity contribution in [1.82, 2.24) is 15.8 Å². The normalized spacial score (nSPS) is 27.4. The third-order valence-corrected chi connectivity index (χ3v) is 4.74. The summed E-state index contributed by atoms with van der Waals surface area (Å²) in [6.45, 7) is 4.37. The van der Waals surface area contributed by atoms with Crippen LogP contribution in [0, 0.1) is 0 Å². The second-order valence-electron chi connectivity index (χ2n) is 6.64. The summed E-state index contributed by atoms with van der Waals surface area (Å²) in [5.74, 6) is 0.400. The van der Waals surface area contributed by atoms with Crippen molar-refractivity contribution in [2.75, 3.05) is 19.7 Å². The Labute approximate surface area is 143 Å². The van der Waals surface area contributed by atoms with Crippen molar-refractivity contribution in [3.8, 4) is 5.75 Å². The van der Waals surface area contributed by atoms with Gasteiger partial charge in [0.05, 0.1) is 6.10 Å². The minimum Gasteiger partial charge on any atom is -0.508 e. The average Bonchev–Trinajstić information content (AvgIpc) is 3.10. The van der Waals surface area contributed by atoms with E-state index in [1.165, 1.54) is 0 Å². The fourth-order valence-electron chi connectivity index (χ4n) is 3.42. The number of rotatable bonds is 5. The van der Waals surface area contributed by atoms with Gasteiger partial charge in [-0.05, 0) is 43.4 Å². The Morgan fingerprint density at radius 2 is 2.12 bits per heavy atom. The van der Waals surface area contributed by atoms with Crippen LogP contribution in [0.3, 0.4) is 0 Å². The van der Waals surface area contributed by atoms with Crippen LogP contribution in [0.15, 0.2) is 24.3 Å². The summed E-state index contributed by atoms with van der Waals surface area (Å²) in [5.41, 5.74) is 7.40. The molecule has 0 spiro atoms. The number of carbonyl (C=O) groups is 1. The lowest BCUT2D eigenvalue weighted by Gasteiger charge is -2.34. The first-order valence-corrected chi connectivity index (χ1v) is 8.87. The molecule has 1 aromatic rings. The number of likely N-dealkylation sites (tertiary alicyclic amines) is 1. The van der Waals surface area contributed by atoms with E-state index in [9.17, 15) is 9.90 Å². The average molecular weight is 333 g/mol. The third-order valence-electron chi connectivity index (χ3n) is 4.74. The zero-order chi connectivity index (χ0) is 16.9. The first-order valence-electron chi connectivity index (χ1n) is 8.87. The number of piperidine rings is 1. The van der Waals surface area contributed by atoms with Crippen LogP contribution in [0.1, 0.15) is 44.2 Å². The van der Waals surface area contributed by atoms with Crippen molar-refractivity contribution in [2.45, 2.75) is 50.8 Å². The van der Waals surface area contributed by atoms with Gasteiger partial charge in [0.2, 0.25) is 5.91 Å². The van der Waals surface area contributed by atoms with Crippen LogP contribution >= 0.6 is 0 Å². The summed E-state index contributed by atoms with van der Waals surface area (Å²) in [6.07, 6.45) is 3.93. The first kappa shape index (κ1) is 17.2. The smallest absolute Gasteiger partial charge is 0.241 e. The Balaban J connectivity index is 1.55. The number of hydrazine groups is 1. The summed E-state index contributed by atoms with van der Waals surface area (Å²) in [6, 6.07) is 6.98. The number of aromatic hydroxyl groups is 1. The summed E-state index contributed by atoms with van der Waals surface area (Å²) < 4.78 is 5.82. The molecule has 3 unspecified atom stereocenters. The van der Waals surface area contributed by atoms with Gasteiger partial charge in [-0.3, -0.25) is 4.79 Å². The number of phenolic OH excluding ortho intramolecular Hbond substituents is 1. The van der Waals surface area contributed by atoms with Crippen LogP contribution in [-0.2, 0) is 9.53 Å². The van der Waals surface area contributed by atoms with Crippen molar-refractivity contribution in [2.24, 2.45) is 0 Å². The van der Waals surface area contributed by atoms with E-state index in [-0.39, 0.29) is 29.8 Å². The van der Waals surface area contributed by atoms with E-state index in [0.29, 0.717) is 13.0 Å². The van der Waals surface area contributed by atoms with E-state index in [1.54, 1.807) is 12.1 Å². The van der Waals surface area contributed by atoms with E-state index >= 15 is 0 Å². The highest BCUT2D eigenvalue weighted by Crippen LogP contribution is 2.25. The predicted molar refractivity (Wildman–Crippen MR) is 91.4 cm³/mol. The lowest BCUT2D eigenvalue weighted by atomic mass is 10.0. The monoisotopic (exact) mass is 333 g/mol. The fraction of sp³-hybridized carbons (Fsp3) is 0.611. The molecular weight excluding hydrogens is 306 g/mol. The Morgan fingerprint density at radius 3 is 2.88 bits per heavy atom. The zero-order valence-electron chi connectivity index (χ0n) is 14.2. The maximum atomic E-state index is 12.8. The van der Waals surface area contributed by atoms with Crippen molar-refractivity contribution >= 4 is 5.91 Å². The van der Waals surface area contributed by atoms with Gasteiger partial charge in [0, 0.05) is 25.7 Å². The highest BCUT2D eigenvalue weighted by Gasteiger charge is 2.34. The topological polar surface area (TPSA) is 73.8 Å². The van der Waals surface area contributed by atoms with Gasteiger partial charge in [0.1, 0.15) is 11.8 Å². The van der Waals surface area contributed by atoms with Crippen molar-refractivity contribution in [1.29, 1.82) is 0 Å². The fourth-order valence-corrected chi connectivity index (χ4v) is 3.42. The number of nitrogens with zero attached hydrogens (tertiary/aromatic N) is 1. The number of ether oxygens (including phenoxy) is 1. The van der Waals surface area contributed by atoms with E-state index in [4.69, 9.17) is 4.74 Å². The standard InChI is InChI=1S/C18H27N3O3/c1-2-10-24-15-4-3-9-21(12-15)18(23)17-11-16(19-20-17)13-5-7-14(22)8-6-13/h5-8,15-17,19-20,22H,2-4,9-12H2,1H3. The Morgan fingerprint density at radius 1 is 1.33 bits per heavy atom. The molecule has 1 aromatic carbocycles. The number of phenols is 1. The summed E-state index contributed by atoms with van der Waals surface area (Å²) in [7, 11) is 0. The Kier molecular flexibility index (Phi) is 5.71. The molecule has 1 amide bonds. The molecule has 6 heteroatoms. The lowest BCUT2D eigenvalue weighted by Crippen LogP contribution is -2.50. The molecule has 0 aliphatic carbocycles. The molecule has 132 valence electrons. The summed E-state index contributed by atoms with van der Waals surface area (Å²) in [5, 5.41) is 9.39. The Hall–Kier alpha value is -1.63. The lowest BCUT2D eigenvalue weighted by molar-refractivity contribution is -0.137. The van der Waals surface area contributed by atoms with Crippen LogP contribution in [0.5, 0.6) is 5.75 Å². The number of carbonyl (C=O) groups excluding carboxylic acids is 1. The van der Waals surface area contributed by atoms with Gasteiger partial charge < -0.3 is 14.7 Å². The van der Waals surface area contributed by atoms with Crippen LogP contribution in [0.25, 0.3) is 0 Å². The van der Waals surface area contributed by atoms with Crippen molar-refractivity contribution < 1.29 is 14.6 Å². The molecule has 3 atom stereocenters. The largest absolute Gasteiger partial charge is 0.508 e. The van der Waals surface area contributed by atoms with Crippen LogP contribution < -0.4 is 10.9 Å². The van der Waals surface area contributed by atoms with Crippen molar-refractivity contribution in [3.63, 3.8) is 0 Å². The molecule has 2 aliphatic rings. The SMILES string of the molecule is CCCOC1CCCN(C(=O)C2CC(c3ccc(O)cc3)NN2)C1. The minimum absolute atomic E-state index is 0.0801. The molecular formula is C18H27N3O3. The van der Waals surface area contributed by atoms with Crippen LogP contribution in [0.4, 0.5) is 0 Å². The quantitative estimate of drug-likeness (QED) is 0.765. The molecule has 2 heterocycles. The molecule has 24 heavy (non-hydrogen) atoms. The van der Waals surface area contributed by atoms with Crippen LogP contribution in [-0.4, -0.2) is 47.8 Å². The zero-order valence-corrected chi connectivity index (χ0v) is 14.2. The second kappa shape index (κ2) is 7.96. The molecule has 0 bridgehead atoms. The third kappa shape index (κ3) is 4.06. The molecule has 0 aromatic heterocycles. The number of nitrogens with one attached hydrogen (secondary N) is 2. The molecule has 0 radical (unpaired) electrons. The highest BCUT2D eigenvalue weighted by atomic mass is 16.5. The van der Waals surface area contributed by atoms with Crippen molar-refractivity contribution in [3.05, 3.63) is 29.8 Å². The molecule has 2 fully saturated rings. The molecule has 3 rings (SSSR count). The number of amides is 1. The van der Waals surface area contributed by atoms with Gasteiger partial charge in [-0.25, -0.2) is 10.9 Å². The van der Waals surface area contributed by atoms with E-state index in [1.807, 2.05) is 17.0 Å². The minimum atomic E-state index is -0.214. The Bertz CT molecular complexity index is 549. The first-order chi connectivity index (χ1) is 11.7. The number of benzene rings is 1. The summed E-state index contributed by atoms with van der Waals surface area (Å²) in [4.78, 5) is 14.7. The highest BCUT2D eigenvalue weighted by molar-refractivity contribution is 5.82. The molecule has 6 nitrogen and oxygen atoms in total. The van der Waals surface area contributed by atoms with E-state index in [0.717, 1.165) is 38.0 Å². The molecule has 3 N–H and O–H groups in total. The van der Waals surface area contributed by atoms with Crippen LogP contribution in [0.2, 0.25) is 0 Å². The molecule has 2 saturated heterocycles. The van der Waals surface area contributed by atoms with Gasteiger partial charge >= 0.3 is 0 Å². The van der Waals surface area contributed by atoms with Gasteiger partial charge in [-0.1, -0.05) is 19.1 Å². The summed E-state index contributed by atoms with van der Waals surface area (Å²) >= 11 is 0. The van der Waals surface area contributed by atoms with E-state index in [2.05, 4.69) is 17.8 Å². The predicted octanol–water partition coefficient (Wildman–Crippen LogP) is 1.72. The van der Waals surface area contributed by atoms with Gasteiger partial charge in [0.25, 0.3) is 0 Å². The van der Waals surface area contributed by atoms with Gasteiger partial charge in [0.15, 0.2) is 0 Å². The molecule has 0 saturated carbocycles. The number of hydrogen-bond donors (Lipinski definition) is 3. The second-order valence-corrected chi connectivity index (χ2v) is 6.64. The van der Waals surface area contributed by atoms with Gasteiger partial charge in [-0.15, -0.1) is 0 Å². The van der Waals surface area contributed by atoms with Gasteiger partial charge in [-0.2, -0.15) is 0 Å².